The Morgan fingerprint density at radius 3 is 1.77 bits per heavy atom. The number of anilines is 1. The number of halogens is 2. The van der Waals surface area contributed by atoms with Crippen molar-refractivity contribution < 1.29 is 9.59 Å². The summed E-state index contributed by atoms with van der Waals surface area (Å²) in [6, 6.07) is 31.7. The molecule has 4 aromatic rings. The van der Waals surface area contributed by atoms with Crippen LogP contribution >= 0.6 is 27.5 Å². The van der Waals surface area contributed by atoms with Crippen molar-refractivity contribution in [1.82, 2.24) is 0 Å². The zero-order valence-corrected chi connectivity index (χ0v) is 20.8. The summed E-state index contributed by atoms with van der Waals surface area (Å²) in [5.74, 6) is -1.35. The molecule has 2 atom stereocenters. The predicted molar refractivity (Wildman–Crippen MR) is 141 cm³/mol. The molecule has 170 valence electrons. The molecule has 4 aliphatic rings. The van der Waals surface area contributed by atoms with Gasteiger partial charge in [0.25, 0.3) is 0 Å². The highest BCUT2D eigenvalue weighted by molar-refractivity contribution is 9.09. The summed E-state index contributed by atoms with van der Waals surface area (Å²) in [5, 5.41) is 0.682. The van der Waals surface area contributed by atoms with E-state index in [0.29, 0.717) is 10.7 Å². The van der Waals surface area contributed by atoms with Crippen molar-refractivity contribution >= 4 is 45.0 Å². The molecule has 1 heterocycles. The Bertz CT molecular complexity index is 1480. The third-order valence-electron chi connectivity index (χ3n) is 7.82. The van der Waals surface area contributed by atoms with Crippen LogP contribution in [0.15, 0.2) is 97.1 Å². The van der Waals surface area contributed by atoms with E-state index in [2.05, 4.69) is 40.2 Å². The zero-order chi connectivity index (χ0) is 23.9. The highest BCUT2D eigenvalue weighted by atomic mass is 79.9. The fourth-order valence-corrected chi connectivity index (χ4v) is 7.71. The van der Waals surface area contributed by atoms with Crippen molar-refractivity contribution in [2.45, 2.75) is 10.2 Å². The lowest BCUT2D eigenvalue weighted by Gasteiger charge is -2.51. The monoisotopic (exact) mass is 539 g/mol. The second-order valence-electron chi connectivity index (χ2n) is 9.43. The van der Waals surface area contributed by atoms with Crippen LogP contribution in [0.2, 0.25) is 5.02 Å². The van der Waals surface area contributed by atoms with E-state index in [-0.39, 0.29) is 17.7 Å². The van der Waals surface area contributed by atoms with Gasteiger partial charge >= 0.3 is 0 Å². The van der Waals surface area contributed by atoms with Gasteiger partial charge in [-0.15, -0.1) is 0 Å². The number of hydrogen-bond acceptors (Lipinski definition) is 2. The van der Waals surface area contributed by atoms with Crippen LogP contribution in [-0.4, -0.2) is 11.8 Å². The van der Waals surface area contributed by atoms with Gasteiger partial charge < -0.3 is 0 Å². The molecule has 1 saturated heterocycles. The molecule has 0 radical (unpaired) electrons. The Labute approximate surface area is 216 Å². The summed E-state index contributed by atoms with van der Waals surface area (Å²) in [5.41, 5.74) is 7.07. The molecule has 5 heteroatoms. The molecular weight excluding hydrogens is 522 g/mol. The Kier molecular flexibility index (Phi) is 4.46. The average molecular weight is 541 g/mol. The number of carbonyl (C=O) groups excluding carboxylic acids is 2. The minimum absolute atomic E-state index is 0.128. The minimum atomic E-state index is -0.732. The average Bonchev–Trinajstić information content (AvgIpc) is 3.16. The van der Waals surface area contributed by atoms with Crippen LogP contribution in [0.3, 0.4) is 0 Å². The molecule has 8 rings (SSSR count). The Morgan fingerprint density at radius 2 is 1.20 bits per heavy atom. The van der Waals surface area contributed by atoms with E-state index in [0.717, 1.165) is 33.4 Å². The van der Waals surface area contributed by atoms with E-state index in [9.17, 15) is 9.59 Å². The van der Waals surface area contributed by atoms with Gasteiger partial charge in [-0.1, -0.05) is 100 Å². The van der Waals surface area contributed by atoms with E-state index in [1.807, 2.05) is 72.8 Å². The van der Waals surface area contributed by atoms with E-state index < -0.39 is 16.2 Å². The van der Waals surface area contributed by atoms with Gasteiger partial charge in [-0.3, -0.25) is 9.59 Å². The fraction of sp³-hybridized carbons (Fsp3) is 0.133. The third-order valence-corrected chi connectivity index (χ3v) is 9.42. The van der Waals surface area contributed by atoms with Gasteiger partial charge in [-0.25, -0.2) is 4.90 Å². The van der Waals surface area contributed by atoms with Crippen molar-refractivity contribution in [3.05, 3.63) is 124 Å². The third kappa shape index (κ3) is 2.72. The van der Waals surface area contributed by atoms with Gasteiger partial charge in [-0.2, -0.15) is 0 Å². The summed E-state index contributed by atoms with van der Waals surface area (Å²) in [7, 11) is 0. The molecular formula is C30H19BrClNO2. The van der Waals surface area contributed by atoms with Crippen LogP contribution in [-0.2, 0) is 13.9 Å². The SMILES string of the molecule is O=C1C2C3c4ccccc4C(Br)(c4ccccc43)C2C(=O)N1c1ccc(-c2ccc(Cl)cc2)cc1. The standard InChI is InChI=1S/C30H19BrClNO2/c31-30-23-7-3-1-5-21(23)25(22-6-2-4-8-24(22)30)26-27(30)29(35)33(28(26)34)20-15-11-18(12-16-20)17-9-13-19(32)14-10-17/h1-16,25-27H. The van der Waals surface area contributed by atoms with Crippen LogP contribution in [0.5, 0.6) is 0 Å². The molecule has 3 nitrogen and oxygen atoms in total. The topological polar surface area (TPSA) is 37.4 Å². The number of carbonyl (C=O) groups is 2. The van der Waals surface area contributed by atoms with Crippen LogP contribution in [0.25, 0.3) is 11.1 Å². The van der Waals surface area contributed by atoms with Crippen LogP contribution in [0, 0.1) is 11.8 Å². The number of nitrogens with zero attached hydrogens (tertiary/aromatic N) is 1. The first-order valence-corrected chi connectivity index (χ1v) is 12.8. The lowest BCUT2D eigenvalue weighted by atomic mass is 9.55. The molecule has 4 aromatic carbocycles. The van der Waals surface area contributed by atoms with Crippen molar-refractivity contribution in [3.8, 4) is 11.1 Å². The number of benzene rings is 4. The molecule has 0 saturated carbocycles. The Morgan fingerprint density at radius 1 is 0.686 bits per heavy atom. The first-order chi connectivity index (χ1) is 17.0. The zero-order valence-electron chi connectivity index (χ0n) is 18.5. The van der Waals surface area contributed by atoms with Gasteiger partial charge in [0.2, 0.25) is 11.8 Å². The fourth-order valence-electron chi connectivity index (χ4n) is 6.38. The van der Waals surface area contributed by atoms with Gasteiger partial charge in [0, 0.05) is 10.9 Å². The molecule has 35 heavy (non-hydrogen) atoms. The molecule has 1 fully saturated rings. The molecule has 3 aliphatic carbocycles. The second-order valence-corrected chi connectivity index (χ2v) is 11.1. The smallest absolute Gasteiger partial charge is 0.239 e. The molecule has 0 N–H and O–H groups in total. The van der Waals surface area contributed by atoms with Gasteiger partial charge in [0.1, 0.15) is 0 Å². The summed E-state index contributed by atoms with van der Waals surface area (Å²) in [4.78, 5) is 29.4. The Hall–Kier alpha value is -3.21. The molecule has 0 aromatic heterocycles. The largest absolute Gasteiger partial charge is 0.274 e. The molecule has 0 spiro atoms. The van der Waals surface area contributed by atoms with E-state index in [1.165, 1.54) is 4.90 Å². The van der Waals surface area contributed by atoms with E-state index in [4.69, 9.17) is 11.6 Å². The van der Waals surface area contributed by atoms with Crippen molar-refractivity contribution in [2.75, 3.05) is 4.90 Å². The van der Waals surface area contributed by atoms with Gasteiger partial charge in [-0.05, 0) is 57.6 Å². The van der Waals surface area contributed by atoms with Crippen LogP contribution < -0.4 is 4.90 Å². The number of amides is 2. The summed E-state index contributed by atoms with van der Waals surface area (Å²) in [6.07, 6.45) is 0. The van der Waals surface area contributed by atoms with Crippen LogP contribution in [0.4, 0.5) is 5.69 Å². The molecule has 2 bridgehead atoms. The van der Waals surface area contributed by atoms with Gasteiger partial charge in [0.15, 0.2) is 0 Å². The first-order valence-electron chi connectivity index (χ1n) is 11.6. The summed E-state index contributed by atoms with van der Waals surface area (Å²) < 4.78 is -0.732. The van der Waals surface area contributed by atoms with E-state index in [1.54, 1.807) is 0 Å². The highest BCUT2D eigenvalue weighted by Gasteiger charge is 2.67. The molecule has 1 aliphatic heterocycles. The normalized spacial score (nSPS) is 25.9. The van der Waals surface area contributed by atoms with Gasteiger partial charge in [0.05, 0.1) is 21.8 Å². The molecule has 2 unspecified atom stereocenters. The maximum absolute atomic E-state index is 14.0. The predicted octanol–water partition coefficient (Wildman–Crippen LogP) is 6.91. The maximum Gasteiger partial charge on any atom is 0.239 e. The lowest BCUT2D eigenvalue weighted by Crippen LogP contribution is -2.50. The number of rotatable bonds is 2. The second kappa shape index (κ2) is 7.39. The maximum atomic E-state index is 14.0. The number of hydrogen-bond donors (Lipinski definition) is 0. The quantitative estimate of drug-likeness (QED) is 0.205. The highest BCUT2D eigenvalue weighted by Crippen LogP contribution is 2.66. The number of alkyl halides is 1. The van der Waals surface area contributed by atoms with E-state index >= 15 is 0 Å². The summed E-state index contributed by atoms with van der Waals surface area (Å²) in [6.45, 7) is 0. The number of imide groups is 1. The molecule has 2 amide bonds. The lowest BCUT2D eigenvalue weighted by molar-refractivity contribution is -0.122. The first kappa shape index (κ1) is 21.1. The van der Waals surface area contributed by atoms with Crippen LogP contribution in [0.1, 0.15) is 28.2 Å². The summed E-state index contributed by atoms with van der Waals surface area (Å²) >= 11 is 10.1. The van der Waals surface area contributed by atoms with Crippen molar-refractivity contribution in [3.63, 3.8) is 0 Å². The van der Waals surface area contributed by atoms with Crippen molar-refractivity contribution in [1.29, 1.82) is 0 Å². The van der Waals surface area contributed by atoms with Crippen molar-refractivity contribution in [2.24, 2.45) is 11.8 Å². The minimum Gasteiger partial charge on any atom is -0.274 e. The Balaban J connectivity index is 1.34.